The molecule has 3 N–H and O–H groups in total. The Balaban J connectivity index is 1.96. The summed E-state index contributed by atoms with van der Waals surface area (Å²) >= 11 is 0. The molecule has 0 aromatic heterocycles. The molecule has 0 spiro atoms. The minimum Gasteiger partial charge on any atom is -0.349 e. The molecule has 0 unspecified atom stereocenters. The summed E-state index contributed by atoms with van der Waals surface area (Å²) in [5, 5.41) is 3.08. The molecule has 2 rings (SSSR count). The molecule has 110 valence electrons. The third-order valence-corrected chi connectivity index (χ3v) is 4.28. The Morgan fingerprint density at radius 2 is 2.15 bits per heavy atom. The highest BCUT2D eigenvalue weighted by atomic mass is 19.1. The zero-order valence-corrected chi connectivity index (χ0v) is 12.0. The Morgan fingerprint density at radius 3 is 2.75 bits per heavy atom. The van der Waals surface area contributed by atoms with Gasteiger partial charge in [0.2, 0.25) is 5.91 Å². The Kier molecular flexibility index (Phi) is 4.76. The maximum absolute atomic E-state index is 13.1. The van der Waals surface area contributed by atoms with Crippen LogP contribution >= 0.6 is 0 Å². The number of carbonyl (C=O) groups excluding carboxylic acids is 1. The average Bonchev–Trinajstić information content (AvgIpc) is 2.41. The molecule has 1 aromatic rings. The van der Waals surface area contributed by atoms with Crippen LogP contribution in [0.15, 0.2) is 24.3 Å². The van der Waals surface area contributed by atoms with E-state index in [1.54, 1.807) is 12.1 Å². The summed E-state index contributed by atoms with van der Waals surface area (Å²) in [6.07, 6.45) is 4.25. The number of nitrogens with one attached hydrogen (secondary N) is 1. The van der Waals surface area contributed by atoms with Gasteiger partial charge in [0.1, 0.15) is 5.82 Å². The van der Waals surface area contributed by atoms with E-state index in [-0.39, 0.29) is 23.7 Å². The third kappa shape index (κ3) is 3.79. The zero-order chi connectivity index (χ0) is 14.6. The van der Waals surface area contributed by atoms with Crippen molar-refractivity contribution in [2.75, 3.05) is 6.54 Å². The van der Waals surface area contributed by atoms with Gasteiger partial charge in [-0.3, -0.25) is 4.79 Å². The van der Waals surface area contributed by atoms with E-state index in [0.29, 0.717) is 18.0 Å². The summed E-state index contributed by atoms with van der Waals surface area (Å²) in [6.45, 7) is 2.70. The second-order valence-electron chi connectivity index (χ2n) is 6.02. The van der Waals surface area contributed by atoms with Crippen LogP contribution in [0.5, 0.6) is 0 Å². The van der Waals surface area contributed by atoms with Crippen molar-refractivity contribution in [1.82, 2.24) is 5.32 Å². The number of carbonyl (C=O) groups is 1. The molecule has 20 heavy (non-hydrogen) atoms. The fourth-order valence-corrected chi connectivity index (χ4v) is 2.87. The molecule has 3 nitrogen and oxygen atoms in total. The number of halogens is 1. The van der Waals surface area contributed by atoms with Gasteiger partial charge in [-0.2, -0.15) is 0 Å². The van der Waals surface area contributed by atoms with E-state index in [4.69, 9.17) is 5.73 Å². The second-order valence-corrected chi connectivity index (χ2v) is 6.02. The molecular formula is C16H23FN2O. The lowest BCUT2D eigenvalue weighted by molar-refractivity contribution is -0.122. The minimum atomic E-state index is -0.310. The fraction of sp³-hybridized carbons (Fsp3) is 0.562. The monoisotopic (exact) mass is 278 g/mol. The molecule has 0 bridgehead atoms. The molecule has 0 atom stereocenters. The molecule has 0 aliphatic heterocycles. The lowest BCUT2D eigenvalue weighted by Crippen LogP contribution is -2.55. The van der Waals surface area contributed by atoms with Gasteiger partial charge >= 0.3 is 0 Å². The van der Waals surface area contributed by atoms with Gasteiger partial charge in [0.15, 0.2) is 0 Å². The highest BCUT2D eigenvalue weighted by molar-refractivity contribution is 5.79. The van der Waals surface area contributed by atoms with Crippen LogP contribution in [0.4, 0.5) is 4.39 Å². The average molecular weight is 278 g/mol. The molecule has 4 heteroatoms. The van der Waals surface area contributed by atoms with E-state index in [1.165, 1.54) is 12.1 Å². The van der Waals surface area contributed by atoms with Gasteiger partial charge in [-0.25, -0.2) is 4.39 Å². The lowest BCUT2D eigenvalue weighted by Gasteiger charge is -2.39. The van der Waals surface area contributed by atoms with E-state index >= 15 is 0 Å². The van der Waals surface area contributed by atoms with E-state index in [2.05, 4.69) is 12.2 Å². The summed E-state index contributed by atoms with van der Waals surface area (Å²) in [5.74, 6) is 0.320. The fourth-order valence-electron chi connectivity index (χ4n) is 2.87. The first-order chi connectivity index (χ1) is 9.53. The maximum atomic E-state index is 13.1. The van der Waals surface area contributed by atoms with Crippen molar-refractivity contribution >= 4 is 5.91 Å². The van der Waals surface area contributed by atoms with Crippen LogP contribution in [0.3, 0.4) is 0 Å². The first kappa shape index (κ1) is 15.0. The molecule has 1 aliphatic rings. The number of amides is 1. The number of hydrogen-bond acceptors (Lipinski definition) is 2. The SMILES string of the molecule is CC1CCC(CN)(NC(=O)Cc2cccc(F)c2)CC1. The van der Waals surface area contributed by atoms with Crippen LogP contribution in [0, 0.1) is 11.7 Å². The Bertz CT molecular complexity index is 467. The summed E-state index contributed by atoms with van der Waals surface area (Å²) in [5.41, 5.74) is 6.30. The zero-order valence-electron chi connectivity index (χ0n) is 12.0. The molecule has 1 aromatic carbocycles. The van der Waals surface area contributed by atoms with Gasteiger partial charge in [-0.15, -0.1) is 0 Å². The Labute approximate surface area is 119 Å². The van der Waals surface area contributed by atoms with Crippen molar-refractivity contribution < 1.29 is 9.18 Å². The molecule has 1 saturated carbocycles. The van der Waals surface area contributed by atoms with Crippen LogP contribution in [0.2, 0.25) is 0 Å². The van der Waals surface area contributed by atoms with Crippen molar-refractivity contribution in [3.05, 3.63) is 35.6 Å². The van der Waals surface area contributed by atoms with Crippen molar-refractivity contribution in [3.8, 4) is 0 Å². The van der Waals surface area contributed by atoms with Crippen LogP contribution in [-0.2, 0) is 11.2 Å². The maximum Gasteiger partial charge on any atom is 0.224 e. The first-order valence-electron chi connectivity index (χ1n) is 7.28. The van der Waals surface area contributed by atoms with Crippen molar-refractivity contribution in [2.45, 2.75) is 44.6 Å². The van der Waals surface area contributed by atoms with Gasteiger partial charge in [-0.1, -0.05) is 19.1 Å². The molecule has 1 amide bonds. The number of benzene rings is 1. The first-order valence-corrected chi connectivity index (χ1v) is 7.28. The predicted molar refractivity (Wildman–Crippen MR) is 77.7 cm³/mol. The smallest absolute Gasteiger partial charge is 0.224 e. The van der Waals surface area contributed by atoms with Crippen molar-refractivity contribution in [2.24, 2.45) is 11.7 Å². The largest absolute Gasteiger partial charge is 0.349 e. The molecule has 1 fully saturated rings. The second kappa shape index (κ2) is 6.35. The highest BCUT2D eigenvalue weighted by Gasteiger charge is 2.34. The standard InChI is InChI=1S/C16H23FN2O/c1-12-5-7-16(11-18,8-6-12)19-15(20)10-13-3-2-4-14(17)9-13/h2-4,9,12H,5-8,10-11,18H2,1H3,(H,19,20). The summed E-state index contributed by atoms with van der Waals surface area (Å²) in [4.78, 5) is 12.1. The molecule has 1 aliphatic carbocycles. The Morgan fingerprint density at radius 1 is 1.45 bits per heavy atom. The molecule has 0 heterocycles. The third-order valence-electron chi connectivity index (χ3n) is 4.28. The van der Waals surface area contributed by atoms with Gasteiger partial charge < -0.3 is 11.1 Å². The molecular weight excluding hydrogens is 255 g/mol. The van der Waals surface area contributed by atoms with Gasteiger partial charge in [0, 0.05) is 6.54 Å². The van der Waals surface area contributed by atoms with E-state index in [0.717, 1.165) is 25.7 Å². The van der Waals surface area contributed by atoms with Gasteiger partial charge in [-0.05, 0) is 49.3 Å². The summed E-state index contributed by atoms with van der Waals surface area (Å²) in [7, 11) is 0. The summed E-state index contributed by atoms with van der Waals surface area (Å²) < 4.78 is 13.1. The van der Waals surface area contributed by atoms with E-state index in [1.807, 2.05) is 0 Å². The van der Waals surface area contributed by atoms with E-state index in [9.17, 15) is 9.18 Å². The number of hydrogen-bond donors (Lipinski definition) is 2. The number of rotatable bonds is 4. The normalized spacial score (nSPS) is 26.2. The topological polar surface area (TPSA) is 55.1 Å². The predicted octanol–water partition coefficient (Wildman–Crippen LogP) is 2.39. The Hall–Kier alpha value is -1.42. The van der Waals surface area contributed by atoms with Crippen molar-refractivity contribution in [1.29, 1.82) is 0 Å². The van der Waals surface area contributed by atoms with Gasteiger partial charge in [0.05, 0.1) is 12.0 Å². The lowest BCUT2D eigenvalue weighted by atomic mass is 9.77. The van der Waals surface area contributed by atoms with E-state index < -0.39 is 0 Å². The minimum absolute atomic E-state index is 0.0735. The molecule has 0 saturated heterocycles. The van der Waals surface area contributed by atoms with Crippen molar-refractivity contribution in [3.63, 3.8) is 0 Å². The quantitative estimate of drug-likeness (QED) is 0.888. The summed E-state index contributed by atoms with van der Waals surface area (Å²) in [6, 6.07) is 6.17. The van der Waals surface area contributed by atoms with Crippen LogP contribution in [0.1, 0.15) is 38.2 Å². The van der Waals surface area contributed by atoms with Crippen LogP contribution < -0.4 is 11.1 Å². The van der Waals surface area contributed by atoms with Crippen LogP contribution in [0.25, 0.3) is 0 Å². The highest BCUT2D eigenvalue weighted by Crippen LogP contribution is 2.31. The molecule has 0 radical (unpaired) electrons. The van der Waals surface area contributed by atoms with Gasteiger partial charge in [0.25, 0.3) is 0 Å². The van der Waals surface area contributed by atoms with Crippen LogP contribution in [-0.4, -0.2) is 18.0 Å². The number of nitrogens with two attached hydrogens (primary N) is 1.